The number of carbonyl (C=O) groups excluding carboxylic acids is 1. The van der Waals surface area contributed by atoms with Crippen molar-refractivity contribution in [3.05, 3.63) is 24.5 Å². The molecule has 1 aliphatic rings. The van der Waals surface area contributed by atoms with Crippen molar-refractivity contribution in [2.45, 2.75) is 43.4 Å². The van der Waals surface area contributed by atoms with Crippen molar-refractivity contribution in [2.75, 3.05) is 12.3 Å². The molecule has 1 aromatic rings. The Morgan fingerprint density at radius 1 is 1.26 bits per heavy atom. The second-order valence-electron chi connectivity index (χ2n) is 5.01. The molecule has 0 unspecified atom stereocenters. The van der Waals surface area contributed by atoms with E-state index in [4.69, 9.17) is 0 Å². The van der Waals surface area contributed by atoms with Gasteiger partial charge in [-0.3, -0.25) is 9.78 Å². The van der Waals surface area contributed by atoms with Crippen LogP contribution in [0.2, 0.25) is 0 Å². The van der Waals surface area contributed by atoms with Crippen LogP contribution >= 0.6 is 11.8 Å². The van der Waals surface area contributed by atoms with Crippen molar-refractivity contribution < 1.29 is 4.79 Å². The van der Waals surface area contributed by atoms with Crippen molar-refractivity contribution in [3.63, 3.8) is 0 Å². The van der Waals surface area contributed by atoms with Gasteiger partial charge in [-0.25, -0.2) is 0 Å². The quantitative estimate of drug-likeness (QED) is 0.641. The first kappa shape index (κ1) is 14.4. The maximum absolute atomic E-state index is 11.9. The molecule has 1 saturated carbocycles. The molecule has 0 bridgehead atoms. The maximum Gasteiger partial charge on any atom is 0.223 e. The fraction of sp³-hybridized carbons (Fsp3) is 0.600. The monoisotopic (exact) mass is 278 g/mol. The second kappa shape index (κ2) is 8.20. The number of amides is 1. The van der Waals surface area contributed by atoms with Crippen LogP contribution < -0.4 is 5.32 Å². The van der Waals surface area contributed by atoms with E-state index in [-0.39, 0.29) is 11.8 Å². The molecule has 1 amide bonds. The molecule has 104 valence electrons. The summed E-state index contributed by atoms with van der Waals surface area (Å²) in [6.45, 7) is 0.799. The summed E-state index contributed by atoms with van der Waals surface area (Å²) >= 11 is 1.82. The van der Waals surface area contributed by atoms with Crippen molar-refractivity contribution >= 4 is 17.7 Å². The van der Waals surface area contributed by atoms with Gasteiger partial charge in [-0.2, -0.15) is 0 Å². The lowest BCUT2D eigenvalue weighted by Gasteiger charge is -2.20. The molecule has 0 aliphatic heterocycles. The maximum atomic E-state index is 11.9. The Hall–Kier alpha value is -1.03. The molecule has 0 saturated heterocycles. The third-order valence-electron chi connectivity index (χ3n) is 3.51. The Bertz CT molecular complexity index is 377. The molecule has 3 nitrogen and oxygen atoms in total. The largest absolute Gasteiger partial charge is 0.356 e. The molecule has 0 atom stereocenters. The molecular weight excluding hydrogens is 256 g/mol. The fourth-order valence-corrected chi connectivity index (χ4v) is 3.26. The van der Waals surface area contributed by atoms with E-state index >= 15 is 0 Å². The van der Waals surface area contributed by atoms with Crippen molar-refractivity contribution in [3.8, 4) is 0 Å². The molecule has 1 fully saturated rings. The van der Waals surface area contributed by atoms with E-state index in [2.05, 4.69) is 10.3 Å². The predicted octanol–water partition coefficient (Wildman–Crippen LogP) is 3.26. The van der Waals surface area contributed by atoms with E-state index in [9.17, 15) is 4.79 Å². The van der Waals surface area contributed by atoms with Gasteiger partial charge in [0, 0.05) is 29.8 Å². The molecule has 1 aliphatic carbocycles. The lowest BCUT2D eigenvalue weighted by Crippen LogP contribution is -2.32. The minimum Gasteiger partial charge on any atom is -0.356 e. The SMILES string of the molecule is O=C(NCCCSc1ccncc1)C1CCCCC1. The van der Waals surface area contributed by atoms with Crippen LogP contribution in [-0.2, 0) is 4.79 Å². The van der Waals surface area contributed by atoms with Crippen molar-refractivity contribution in [1.29, 1.82) is 0 Å². The van der Waals surface area contributed by atoms with Gasteiger partial charge in [-0.05, 0) is 37.1 Å². The molecule has 1 N–H and O–H groups in total. The number of thioether (sulfide) groups is 1. The van der Waals surface area contributed by atoms with E-state index in [0.717, 1.165) is 31.6 Å². The van der Waals surface area contributed by atoms with Crippen LogP contribution in [0, 0.1) is 5.92 Å². The van der Waals surface area contributed by atoms with Gasteiger partial charge < -0.3 is 5.32 Å². The van der Waals surface area contributed by atoms with Crippen molar-refractivity contribution in [2.24, 2.45) is 5.92 Å². The third-order valence-corrected chi connectivity index (χ3v) is 4.61. The summed E-state index contributed by atoms with van der Waals surface area (Å²) < 4.78 is 0. The predicted molar refractivity (Wildman–Crippen MR) is 79.2 cm³/mol. The Labute approximate surface area is 119 Å². The van der Waals surface area contributed by atoms with E-state index in [1.807, 2.05) is 36.3 Å². The Morgan fingerprint density at radius 3 is 2.74 bits per heavy atom. The number of rotatable bonds is 6. The molecule has 0 radical (unpaired) electrons. The van der Waals surface area contributed by atoms with E-state index in [0.29, 0.717) is 0 Å². The average molecular weight is 278 g/mol. The Morgan fingerprint density at radius 2 is 2.00 bits per heavy atom. The van der Waals surface area contributed by atoms with Crippen LogP contribution in [0.3, 0.4) is 0 Å². The van der Waals surface area contributed by atoms with Crippen LogP contribution in [0.5, 0.6) is 0 Å². The summed E-state index contributed by atoms with van der Waals surface area (Å²) in [4.78, 5) is 17.1. The number of hydrogen-bond donors (Lipinski definition) is 1. The Balaban J connectivity index is 1.55. The highest BCUT2D eigenvalue weighted by Gasteiger charge is 2.20. The number of carbonyl (C=O) groups is 1. The third kappa shape index (κ3) is 5.23. The second-order valence-corrected chi connectivity index (χ2v) is 6.18. The molecule has 4 heteroatoms. The molecular formula is C15H22N2OS. The normalized spacial score (nSPS) is 16.2. The zero-order valence-corrected chi connectivity index (χ0v) is 12.1. The lowest BCUT2D eigenvalue weighted by molar-refractivity contribution is -0.125. The molecule has 19 heavy (non-hydrogen) atoms. The van der Waals surface area contributed by atoms with Gasteiger partial charge >= 0.3 is 0 Å². The molecule has 1 heterocycles. The number of pyridine rings is 1. The minimum absolute atomic E-state index is 0.272. The fourth-order valence-electron chi connectivity index (χ4n) is 2.42. The highest BCUT2D eigenvalue weighted by Crippen LogP contribution is 2.23. The van der Waals surface area contributed by atoms with Gasteiger partial charge in [0.2, 0.25) is 5.91 Å². The zero-order chi connectivity index (χ0) is 13.3. The summed E-state index contributed by atoms with van der Waals surface area (Å²) in [7, 11) is 0. The van der Waals surface area contributed by atoms with E-state index in [1.165, 1.54) is 24.2 Å². The highest BCUT2D eigenvalue weighted by atomic mass is 32.2. The van der Waals surface area contributed by atoms with Gasteiger partial charge in [-0.1, -0.05) is 19.3 Å². The van der Waals surface area contributed by atoms with Crippen LogP contribution in [0.1, 0.15) is 38.5 Å². The molecule has 0 aromatic carbocycles. The van der Waals surface area contributed by atoms with Gasteiger partial charge in [0.15, 0.2) is 0 Å². The number of hydrogen-bond acceptors (Lipinski definition) is 3. The highest BCUT2D eigenvalue weighted by molar-refractivity contribution is 7.99. The van der Waals surface area contributed by atoms with Crippen LogP contribution in [0.15, 0.2) is 29.4 Å². The summed E-state index contributed by atoms with van der Waals surface area (Å²) in [6.07, 6.45) is 10.5. The van der Waals surface area contributed by atoms with Gasteiger partial charge in [0.25, 0.3) is 0 Å². The van der Waals surface area contributed by atoms with Crippen molar-refractivity contribution in [1.82, 2.24) is 10.3 Å². The van der Waals surface area contributed by atoms with E-state index < -0.39 is 0 Å². The summed E-state index contributed by atoms with van der Waals surface area (Å²) in [5, 5.41) is 3.07. The first-order valence-corrected chi connectivity index (χ1v) is 8.15. The smallest absolute Gasteiger partial charge is 0.223 e. The summed E-state index contributed by atoms with van der Waals surface area (Å²) in [5.74, 6) is 1.59. The number of nitrogens with zero attached hydrogens (tertiary/aromatic N) is 1. The molecule has 1 aromatic heterocycles. The first-order valence-electron chi connectivity index (χ1n) is 7.17. The minimum atomic E-state index is 0.272. The first-order chi connectivity index (χ1) is 9.36. The van der Waals surface area contributed by atoms with Crippen LogP contribution in [0.25, 0.3) is 0 Å². The van der Waals surface area contributed by atoms with Gasteiger partial charge in [0.05, 0.1) is 0 Å². The lowest BCUT2D eigenvalue weighted by atomic mass is 9.89. The van der Waals surface area contributed by atoms with Crippen LogP contribution in [0.4, 0.5) is 0 Å². The van der Waals surface area contributed by atoms with Crippen LogP contribution in [-0.4, -0.2) is 23.2 Å². The van der Waals surface area contributed by atoms with Gasteiger partial charge in [-0.15, -0.1) is 11.8 Å². The molecule has 2 rings (SSSR count). The average Bonchev–Trinajstić information content (AvgIpc) is 2.49. The zero-order valence-electron chi connectivity index (χ0n) is 11.3. The summed E-state index contributed by atoms with van der Waals surface area (Å²) in [6, 6.07) is 4.04. The topological polar surface area (TPSA) is 42.0 Å². The Kier molecular flexibility index (Phi) is 6.21. The molecule has 0 spiro atoms. The summed E-state index contributed by atoms with van der Waals surface area (Å²) in [5.41, 5.74) is 0. The number of aromatic nitrogens is 1. The van der Waals surface area contributed by atoms with E-state index in [1.54, 1.807) is 0 Å². The number of nitrogens with one attached hydrogen (secondary N) is 1. The van der Waals surface area contributed by atoms with Gasteiger partial charge in [0.1, 0.15) is 0 Å². The standard InChI is InChI=1S/C15H22N2OS/c18-15(13-5-2-1-3-6-13)17-9-4-12-19-14-7-10-16-11-8-14/h7-8,10-11,13H,1-6,9,12H2,(H,17,18).